The largest absolute Gasteiger partial charge is 0.508 e. The zero-order valence-corrected chi connectivity index (χ0v) is 29.6. The molecule has 0 fully saturated rings. The molecule has 0 aliphatic heterocycles. The molecule has 0 aliphatic rings. The molecule has 0 aromatic heterocycles. The van der Waals surface area contributed by atoms with E-state index >= 15 is 0 Å². The lowest BCUT2D eigenvalue weighted by molar-refractivity contribution is -0.114. The molecule has 4 aromatic carbocycles. The highest BCUT2D eigenvalue weighted by Crippen LogP contribution is 2.37. The SMILES string of the molecule is CCCCC[C@H](C)CCC/C=C/C(=O)CCc1ccc(O)c(OCCc2ccc(O)c(Cc3ccc(C(N)N)cc3)c2-c2ccc(O)cc2)c1. The summed E-state index contributed by atoms with van der Waals surface area (Å²) in [5, 5.41) is 31.5. The summed E-state index contributed by atoms with van der Waals surface area (Å²) in [6.45, 7) is 4.83. The van der Waals surface area contributed by atoms with E-state index in [0.717, 1.165) is 57.7 Å². The number of phenols is 3. The summed E-state index contributed by atoms with van der Waals surface area (Å²) in [5.74, 6) is 1.55. The molecule has 0 spiro atoms. The number of carbonyl (C=O) groups is 1. The molecule has 1 atom stereocenters. The number of phenolic OH excluding ortho intramolecular Hbond substituents is 3. The van der Waals surface area contributed by atoms with Gasteiger partial charge in [0.25, 0.3) is 0 Å². The first kappa shape index (κ1) is 38.2. The summed E-state index contributed by atoms with van der Waals surface area (Å²) >= 11 is 0. The molecule has 0 saturated heterocycles. The van der Waals surface area contributed by atoms with Crippen molar-refractivity contribution in [3.8, 4) is 34.1 Å². The number of carbonyl (C=O) groups excluding carboxylic acids is 1. The second kappa shape index (κ2) is 19.6. The Morgan fingerprint density at radius 3 is 2.24 bits per heavy atom. The Morgan fingerprint density at radius 1 is 0.820 bits per heavy atom. The van der Waals surface area contributed by atoms with Crippen molar-refractivity contribution in [3.63, 3.8) is 0 Å². The number of hydrogen-bond donors (Lipinski definition) is 5. The highest BCUT2D eigenvalue weighted by molar-refractivity contribution is 5.89. The molecule has 0 aliphatic carbocycles. The molecule has 50 heavy (non-hydrogen) atoms. The van der Waals surface area contributed by atoms with Gasteiger partial charge in [-0.2, -0.15) is 0 Å². The first-order chi connectivity index (χ1) is 24.1. The van der Waals surface area contributed by atoms with Gasteiger partial charge >= 0.3 is 0 Å². The van der Waals surface area contributed by atoms with E-state index in [-0.39, 0.29) is 29.6 Å². The van der Waals surface area contributed by atoms with Crippen LogP contribution in [-0.2, 0) is 24.1 Å². The third kappa shape index (κ3) is 11.8. The Morgan fingerprint density at radius 2 is 1.52 bits per heavy atom. The summed E-state index contributed by atoms with van der Waals surface area (Å²) in [5.41, 5.74) is 17.8. The van der Waals surface area contributed by atoms with E-state index in [1.165, 1.54) is 32.1 Å². The number of hydrogen-bond acceptors (Lipinski definition) is 7. The predicted octanol–water partition coefficient (Wildman–Crippen LogP) is 9.04. The third-order valence-electron chi connectivity index (χ3n) is 9.26. The average molecular weight is 679 g/mol. The Balaban J connectivity index is 1.38. The number of rotatable bonds is 20. The van der Waals surface area contributed by atoms with Crippen LogP contribution in [0.15, 0.2) is 91.0 Å². The minimum absolute atomic E-state index is 0.0368. The lowest BCUT2D eigenvalue weighted by atomic mass is 9.89. The Bertz CT molecular complexity index is 1680. The van der Waals surface area contributed by atoms with E-state index in [0.29, 0.717) is 31.4 Å². The van der Waals surface area contributed by atoms with Crippen LogP contribution in [0.3, 0.4) is 0 Å². The van der Waals surface area contributed by atoms with Crippen molar-refractivity contribution in [3.05, 3.63) is 119 Å². The van der Waals surface area contributed by atoms with Crippen LogP contribution in [-0.4, -0.2) is 27.7 Å². The highest BCUT2D eigenvalue weighted by atomic mass is 16.5. The maximum Gasteiger partial charge on any atom is 0.161 e. The summed E-state index contributed by atoms with van der Waals surface area (Å²) < 4.78 is 6.09. The van der Waals surface area contributed by atoms with Gasteiger partial charge in [-0.3, -0.25) is 4.79 Å². The van der Waals surface area contributed by atoms with Gasteiger partial charge in [0.05, 0.1) is 12.8 Å². The van der Waals surface area contributed by atoms with Gasteiger partial charge in [-0.1, -0.05) is 101 Å². The van der Waals surface area contributed by atoms with E-state index in [2.05, 4.69) is 13.8 Å². The molecule has 0 radical (unpaired) electrons. The summed E-state index contributed by atoms with van der Waals surface area (Å²) in [6, 6.07) is 23.4. The van der Waals surface area contributed by atoms with Crippen molar-refractivity contribution in [2.45, 2.75) is 90.6 Å². The first-order valence-corrected chi connectivity index (χ1v) is 18.0. The lowest BCUT2D eigenvalue weighted by Gasteiger charge is -2.18. The molecule has 0 amide bonds. The summed E-state index contributed by atoms with van der Waals surface area (Å²) in [6.07, 6.45) is 13.4. The van der Waals surface area contributed by atoms with Crippen LogP contribution in [0.2, 0.25) is 0 Å². The monoisotopic (exact) mass is 678 g/mol. The van der Waals surface area contributed by atoms with E-state index in [9.17, 15) is 20.1 Å². The molecule has 7 heteroatoms. The van der Waals surface area contributed by atoms with Crippen molar-refractivity contribution in [2.75, 3.05) is 6.61 Å². The molecule has 7 N–H and O–H groups in total. The number of unbranched alkanes of at least 4 members (excludes halogenated alkanes) is 3. The maximum absolute atomic E-state index is 12.5. The van der Waals surface area contributed by atoms with Gasteiger partial charge in [-0.25, -0.2) is 0 Å². The van der Waals surface area contributed by atoms with E-state index in [1.54, 1.807) is 36.4 Å². The third-order valence-corrected chi connectivity index (χ3v) is 9.26. The van der Waals surface area contributed by atoms with E-state index in [1.807, 2.05) is 54.6 Å². The van der Waals surface area contributed by atoms with Crippen LogP contribution in [0.1, 0.15) is 99.2 Å². The minimum atomic E-state index is -0.563. The van der Waals surface area contributed by atoms with Crippen molar-refractivity contribution in [1.29, 1.82) is 0 Å². The Hall–Kier alpha value is -4.59. The predicted molar refractivity (Wildman–Crippen MR) is 203 cm³/mol. The van der Waals surface area contributed by atoms with Crippen molar-refractivity contribution in [1.82, 2.24) is 0 Å². The second-order valence-corrected chi connectivity index (χ2v) is 13.4. The molecule has 0 heterocycles. The number of nitrogens with two attached hydrogens (primary N) is 2. The molecule has 0 unspecified atom stereocenters. The number of ether oxygens (including phenoxy) is 1. The quantitative estimate of drug-likeness (QED) is 0.0357. The lowest BCUT2D eigenvalue weighted by Crippen LogP contribution is -2.19. The fourth-order valence-electron chi connectivity index (χ4n) is 6.26. The zero-order valence-electron chi connectivity index (χ0n) is 29.6. The first-order valence-electron chi connectivity index (χ1n) is 18.0. The fourth-order valence-corrected chi connectivity index (χ4v) is 6.26. The number of aryl methyl sites for hydroxylation is 1. The van der Waals surface area contributed by atoms with Crippen molar-refractivity contribution >= 4 is 5.78 Å². The van der Waals surface area contributed by atoms with Crippen LogP contribution in [0.25, 0.3) is 11.1 Å². The van der Waals surface area contributed by atoms with Crippen molar-refractivity contribution < 1.29 is 24.9 Å². The zero-order chi connectivity index (χ0) is 35.9. The fraction of sp³-hybridized carbons (Fsp3) is 0.372. The molecule has 4 rings (SSSR count). The summed E-state index contributed by atoms with van der Waals surface area (Å²) in [7, 11) is 0. The number of allylic oxidation sites excluding steroid dienone is 2. The number of ketones is 1. The topological polar surface area (TPSA) is 139 Å². The maximum atomic E-state index is 12.5. The minimum Gasteiger partial charge on any atom is -0.508 e. The molecule has 0 saturated carbocycles. The molecular weight excluding hydrogens is 624 g/mol. The Labute approximate surface area is 297 Å². The molecule has 4 aromatic rings. The summed E-state index contributed by atoms with van der Waals surface area (Å²) in [4.78, 5) is 12.5. The second-order valence-electron chi connectivity index (χ2n) is 13.4. The van der Waals surface area contributed by atoms with Crippen LogP contribution in [0.5, 0.6) is 23.0 Å². The van der Waals surface area contributed by atoms with Gasteiger partial charge < -0.3 is 31.5 Å². The molecule has 266 valence electrons. The Kier molecular flexibility index (Phi) is 15.0. The normalized spacial score (nSPS) is 12.1. The smallest absolute Gasteiger partial charge is 0.161 e. The van der Waals surface area contributed by atoms with Gasteiger partial charge in [0.1, 0.15) is 11.5 Å². The number of aromatic hydroxyl groups is 3. The van der Waals surface area contributed by atoms with Gasteiger partial charge in [-0.05, 0) is 95.0 Å². The highest BCUT2D eigenvalue weighted by Gasteiger charge is 2.17. The van der Waals surface area contributed by atoms with E-state index in [4.69, 9.17) is 16.2 Å². The van der Waals surface area contributed by atoms with Gasteiger partial charge in [0.2, 0.25) is 0 Å². The van der Waals surface area contributed by atoms with Crippen LogP contribution in [0.4, 0.5) is 0 Å². The van der Waals surface area contributed by atoms with Crippen molar-refractivity contribution in [2.24, 2.45) is 17.4 Å². The molecular formula is C43H54N2O5. The van der Waals surface area contributed by atoms with Crippen LogP contribution in [0, 0.1) is 5.92 Å². The van der Waals surface area contributed by atoms with Crippen LogP contribution < -0.4 is 16.2 Å². The molecule has 7 nitrogen and oxygen atoms in total. The average Bonchev–Trinajstić information content (AvgIpc) is 3.10. The van der Waals surface area contributed by atoms with Gasteiger partial charge in [0.15, 0.2) is 17.3 Å². The van der Waals surface area contributed by atoms with Gasteiger partial charge in [0, 0.05) is 24.8 Å². The van der Waals surface area contributed by atoms with E-state index < -0.39 is 6.17 Å². The standard InChI is InChI=1S/C43H54N2O5/c1-3-4-6-9-30(2)10-7-5-8-11-36(46)21-14-32-15-24-40(49)41(29-32)50-27-26-34-20-25-39(48)38(42(34)33-18-22-37(47)23-19-33)28-31-12-16-35(17-13-31)43(44)45/h8,11-13,15-20,22-25,29-30,43,47-49H,3-7,9-10,14,21,26-28,44-45H2,1-2H3/b11-8+/t30-/m0/s1. The molecule has 0 bridgehead atoms. The number of benzene rings is 4. The van der Waals surface area contributed by atoms with Gasteiger partial charge in [-0.15, -0.1) is 0 Å². The van der Waals surface area contributed by atoms with Crippen LogP contribution >= 0.6 is 0 Å².